The second-order valence-electron chi connectivity index (χ2n) is 8.12. The van der Waals surface area contributed by atoms with Crippen LogP contribution in [0.15, 0.2) is 72.8 Å². The van der Waals surface area contributed by atoms with Gasteiger partial charge in [0.05, 0.1) is 21.3 Å². The average molecular weight is 403 g/mol. The highest BCUT2D eigenvalue weighted by molar-refractivity contribution is 5.36. The molecule has 1 fully saturated rings. The monoisotopic (exact) mass is 402 g/mol. The first-order valence-corrected chi connectivity index (χ1v) is 10.6. The minimum Gasteiger partial charge on any atom is -0.497 e. The summed E-state index contributed by atoms with van der Waals surface area (Å²) in [5.41, 5.74) is 4.19. The Labute approximate surface area is 179 Å². The van der Waals surface area contributed by atoms with Crippen molar-refractivity contribution in [3.8, 4) is 17.2 Å². The quantitative estimate of drug-likeness (QED) is 0.468. The average Bonchev–Trinajstić information content (AvgIpc) is 2.84. The van der Waals surface area contributed by atoms with E-state index < -0.39 is 0 Å². The van der Waals surface area contributed by atoms with Crippen LogP contribution in [0.2, 0.25) is 0 Å². The highest BCUT2D eigenvalue weighted by atomic mass is 16.5. The Balaban J connectivity index is 1.63. The fourth-order valence-electron chi connectivity index (χ4n) is 4.76. The number of ether oxygens (including phenoxy) is 3. The molecule has 3 nitrogen and oxygen atoms in total. The predicted molar refractivity (Wildman–Crippen MR) is 121 cm³/mol. The molecule has 0 bridgehead atoms. The molecule has 3 aromatic rings. The Hall–Kier alpha value is -2.94. The molecule has 1 aliphatic rings. The molecule has 0 aromatic heterocycles. The van der Waals surface area contributed by atoms with Gasteiger partial charge in [-0.1, -0.05) is 36.4 Å². The maximum absolute atomic E-state index is 5.36. The van der Waals surface area contributed by atoms with Crippen molar-refractivity contribution >= 4 is 0 Å². The molecule has 0 atom stereocenters. The Bertz CT molecular complexity index is 796. The van der Waals surface area contributed by atoms with Gasteiger partial charge in [0.15, 0.2) is 0 Å². The lowest BCUT2D eigenvalue weighted by Crippen LogP contribution is -2.19. The Morgan fingerprint density at radius 1 is 0.433 bits per heavy atom. The molecular formula is C27H30O3. The van der Waals surface area contributed by atoms with E-state index in [2.05, 4.69) is 72.8 Å². The zero-order valence-corrected chi connectivity index (χ0v) is 18.0. The molecule has 0 amide bonds. The first kappa shape index (κ1) is 20.3. The second-order valence-corrected chi connectivity index (χ2v) is 8.12. The van der Waals surface area contributed by atoms with Crippen LogP contribution in [-0.2, 0) is 0 Å². The molecule has 0 heterocycles. The van der Waals surface area contributed by atoms with Crippen molar-refractivity contribution < 1.29 is 14.2 Å². The van der Waals surface area contributed by atoms with Crippen molar-refractivity contribution in [2.24, 2.45) is 0 Å². The van der Waals surface area contributed by atoms with Gasteiger partial charge in [0.25, 0.3) is 0 Å². The third kappa shape index (κ3) is 4.46. The fraction of sp³-hybridized carbons (Fsp3) is 0.333. The van der Waals surface area contributed by atoms with Gasteiger partial charge in [0.2, 0.25) is 0 Å². The van der Waals surface area contributed by atoms with E-state index in [4.69, 9.17) is 14.2 Å². The predicted octanol–water partition coefficient (Wildman–Crippen LogP) is 6.55. The van der Waals surface area contributed by atoms with Crippen molar-refractivity contribution in [1.29, 1.82) is 0 Å². The number of hydrogen-bond donors (Lipinski definition) is 0. The Morgan fingerprint density at radius 3 is 0.867 bits per heavy atom. The summed E-state index contributed by atoms with van der Waals surface area (Å²) >= 11 is 0. The Kier molecular flexibility index (Phi) is 6.27. The normalized spacial score (nSPS) is 21.1. The lowest BCUT2D eigenvalue weighted by atomic mass is 9.68. The van der Waals surface area contributed by atoms with Crippen LogP contribution in [0.1, 0.15) is 53.7 Å². The van der Waals surface area contributed by atoms with Crippen LogP contribution in [0.3, 0.4) is 0 Å². The molecule has 0 N–H and O–H groups in total. The van der Waals surface area contributed by atoms with Crippen LogP contribution in [-0.4, -0.2) is 21.3 Å². The molecule has 0 saturated heterocycles. The number of methoxy groups -OCH3 is 3. The minimum atomic E-state index is 0.517. The van der Waals surface area contributed by atoms with Crippen LogP contribution in [0.25, 0.3) is 0 Å². The molecule has 30 heavy (non-hydrogen) atoms. The first-order chi connectivity index (χ1) is 14.7. The fourth-order valence-corrected chi connectivity index (χ4v) is 4.76. The van der Waals surface area contributed by atoms with Gasteiger partial charge in [-0.2, -0.15) is 0 Å². The molecule has 1 aliphatic carbocycles. The summed E-state index contributed by atoms with van der Waals surface area (Å²) < 4.78 is 16.1. The van der Waals surface area contributed by atoms with E-state index in [0.29, 0.717) is 17.8 Å². The number of rotatable bonds is 6. The molecule has 3 aromatic carbocycles. The molecule has 0 unspecified atom stereocenters. The lowest BCUT2D eigenvalue weighted by Gasteiger charge is -2.36. The van der Waals surface area contributed by atoms with E-state index in [0.717, 1.165) is 36.5 Å². The van der Waals surface area contributed by atoms with Crippen molar-refractivity contribution in [2.75, 3.05) is 21.3 Å². The van der Waals surface area contributed by atoms with Crippen LogP contribution in [0, 0.1) is 0 Å². The molecule has 0 radical (unpaired) electrons. The minimum absolute atomic E-state index is 0.517. The van der Waals surface area contributed by atoms with E-state index >= 15 is 0 Å². The highest BCUT2D eigenvalue weighted by Crippen LogP contribution is 2.48. The van der Waals surface area contributed by atoms with Gasteiger partial charge in [-0.15, -0.1) is 0 Å². The van der Waals surface area contributed by atoms with E-state index in [1.165, 1.54) is 16.7 Å². The summed E-state index contributed by atoms with van der Waals surface area (Å²) in [7, 11) is 5.15. The van der Waals surface area contributed by atoms with Crippen molar-refractivity contribution in [1.82, 2.24) is 0 Å². The third-order valence-electron chi connectivity index (χ3n) is 6.47. The SMILES string of the molecule is COc1ccc(C2CC(c3ccc(OC)cc3)CC(c3ccc(OC)cc3)C2)cc1. The summed E-state index contributed by atoms with van der Waals surface area (Å²) in [6, 6.07) is 25.8. The molecule has 1 saturated carbocycles. The summed E-state index contributed by atoms with van der Waals surface area (Å²) in [5, 5.41) is 0. The summed E-state index contributed by atoms with van der Waals surface area (Å²) in [6.07, 6.45) is 3.47. The number of hydrogen-bond acceptors (Lipinski definition) is 3. The molecule has 0 aliphatic heterocycles. The van der Waals surface area contributed by atoms with Gasteiger partial charge in [0, 0.05) is 0 Å². The van der Waals surface area contributed by atoms with Crippen LogP contribution in [0.4, 0.5) is 0 Å². The molecule has 3 heteroatoms. The smallest absolute Gasteiger partial charge is 0.118 e. The molecule has 156 valence electrons. The van der Waals surface area contributed by atoms with E-state index in [1.807, 2.05) is 0 Å². The molecule has 4 rings (SSSR count). The van der Waals surface area contributed by atoms with Gasteiger partial charge in [-0.3, -0.25) is 0 Å². The maximum Gasteiger partial charge on any atom is 0.118 e. The Morgan fingerprint density at radius 2 is 0.667 bits per heavy atom. The van der Waals surface area contributed by atoms with Gasteiger partial charge in [-0.05, 0) is 90.1 Å². The summed E-state index contributed by atoms with van der Waals surface area (Å²) in [5.74, 6) is 4.28. The summed E-state index contributed by atoms with van der Waals surface area (Å²) in [4.78, 5) is 0. The molecular weight excluding hydrogens is 372 g/mol. The first-order valence-electron chi connectivity index (χ1n) is 10.6. The summed E-state index contributed by atoms with van der Waals surface area (Å²) in [6.45, 7) is 0. The molecule has 0 spiro atoms. The largest absolute Gasteiger partial charge is 0.497 e. The van der Waals surface area contributed by atoms with E-state index in [-0.39, 0.29) is 0 Å². The van der Waals surface area contributed by atoms with Crippen LogP contribution in [0.5, 0.6) is 17.2 Å². The van der Waals surface area contributed by atoms with Gasteiger partial charge in [-0.25, -0.2) is 0 Å². The van der Waals surface area contributed by atoms with E-state index in [9.17, 15) is 0 Å². The topological polar surface area (TPSA) is 27.7 Å². The second kappa shape index (κ2) is 9.25. The van der Waals surface area contributed by atoms with Crippen molar-refractivity contribution in [2.45, 2.75) is 37.0 Å². The van der Waals surface area contributed by atoms with Gasteiger partial charge < -0.3 is 14.2 Å². The lowest BCUT2D eigenvalue weighted by molar-refractivity contribution is 0.350. The third-order valence-corrected chi connectivity index (χ3v) is 6.47. The van der Waals surface area contributed by atoms with Crippen molar-refractivity contribution in [3.05, 3.63) is 89.5 Å². The zero-order chi connectivity index (χ0) is 20.9. The van der Waals surface area contributed by atoms with Crippen LogP contribution < -0.4 is 14.2 Å². The van der Waals surface area contributed by atoms with Crippen LogP contribution >= 0.6 is 0 Å². The van der Waals surface area contributed by atoms with Gasteiger partial charge >= 0.3 is 0 Å². The maximum atomic E-state index is 5.36. The van der Waals surface area contributed by atoms with Crippen molar-refractivity contribution in [3.63, 3.8) is 0 Å². The highest BCUT2D eigenvalue weighted by Gasteiger charge is 2.31. The zero-order valence-electron chi connectivity index (χ0n) is 18.0. The standard InChI is InChI=1S/C27H30O3/c1-28-25-10-4-19(5-11-25)22-16-23(20-6-12-26(29-2)13-7-20)18-24(17-22)21-8-14-27(30-3)15-9-21/h4-15,22-24H,16-18H2,1-3H3. The van der Waals surface area contributed by atoms with Gasteiger partial charge in [0.1, 0.15) is 17.2 Å². The number of benzene rings is 3. The van der Waals surface area contributed by atoms with E-state index in [1.54, 1.807) is 21.3 Å².